The average molecular weight is 265 g/mol. The van der Waals surface area contributed by atoms with Gasteiger partial charge in [0.2, 0.25) is 0 Å². The van der Waals surface area contributed by atoms with E-state index in [0.717, 1.165) is 0 Å². The van der Waals surface area contributed by atoms with Gasteiger partial charge in [-0.05, 0) is 37.6 Å². The third-order valence-corrected chi connectivity index (χ3v) is 3.06. The van der Waals surface area contributed by atoms with Crippen LogP contribution < -0.4 is 5.73 Å². The van der Waals surface area contributed by atoms with Crippen LogP contribution in [0.3, 0.4) is 0 Å². The van der Waals surface area contributed by atoms with E-state index in [1.807, 2.05) is 6.92 Å². The van der Waals surface area contributed by atoms with Gasteiger partial charge < -0.3 is 20.9 Å². The maximum atomic E-state index is 12.2. The van der Waals surface area contributed by atoms with Crippen LogP contribution in [0.4, 0.5) is 0 Å². The number of amidine groups is 1. The van der Waals surface area contributed by atoms with Crippen molar-refractivity contribution in [2.75, 3.05) is 7.05 Å². The maximum Gasteiger partial charge on any atom is 0.253 e. The van der Waals surface area contributed by atoms with Crippen molar-refractivity contribution in [3.63, 3.8) is 0 Å². The van der Waals surface area contributed by atoms with Gasteiger partial charge in [0.15, 0.2) is 0 Å². The Bertz CT molecular complexity index is 500. The Morgan fingerprint density at radius 2 is 2.16 bits per heavy atom. The number of amides is 1. The predicted octanol–water partition coefficient (Wildman–Crippen LogP) is 1.30. The lowest BCUT2D eigenvalue weighted by molar-refractivity contribution is 0.0747. The van der Waals surface area contributed by atoms with Crippen molar-refractivity contribution >= 4 is 11.7 Å². The van der Waals surface area contributed by atoms with E-state index in [-0.39, 0.29) is 30.0 Å². The zero-order valence-corrected chi connectivity index (χ0v) is 11.3. The Labute approximate surface area is 112 Å². The van der Waals surface area contributed by atoms with Gasteiger partial charge in [-0.3, -0.25) is 4.79 Å². The number of nitrogens with two attached hydrogens (primary N) is 1. The van der Waals surface area contributed by atoms with Crippen molar-refractivity contribution in [1.29, 1.82) is 0 Å². The van der Waals surface area contributed by atoms with Gasteiger partial charge in [0.1, 0.15) is 11.6 Å². The molecule has 0 spiro atoms. The van der Waals surface area contributed by atoms with Crippen LogP contribution in [0, 0.1) is 6.92 Å². The molecule has 0 heterocycles. The molecule has 0 aliphatic rings. The third kappa shape index (κ3) is 3.61. The summed E-state index contributed by atoms with van der Waals surface area (Å²) in [5, 5.41) is 20.9. The van der Waals surface area contributed by atoms with E-state index in [0.29, 0.717) is 11.1 Å². The highest BCUT2D eigenvalue weighted by Crippen LogP contribution is 2.18. The molecule has 0 aliphatic heterocycles. The lowest BCUT2D eigenvalue weighted by Gasteiger charge is -2.24. The molecular formula is C13H19N3O3. The molecule has 6 heteroatoms. The number of carbonyl (C=O) groups is 1. The summed E-state index contributed by atoms with van der Waals surface area (Å²) in [7, 11) is 1.65. The molecule has 1 atom stereocenters. The molecule has 1 aromatic rings. The van der Waals surface area contributed by atoms with E-state index in [1.54, 1.807) is 26.1 Å². The van der Waals surface area contributed by atoms with Crippen molar-refractivity contribution in [2.45, 2.75) is 26.3 Å². The van der Waals surface area contributed by atoms with Crippen LogP contribution in [0.1, 0.15) is 29.3 Å². The summed E-state index contributed by atoms with van der Waals surface area (Å²) >= 11 is 0. The number of oxime groups is 1. The molecule has 1 unspecified atom stereocenters. The monoisotopic (exact) mass is 265 g/mol. The molecule has 104 valence electrons. The normalized spacial score (nSPS) is 13.1. The van der Waals surface area contributed by atoms with Crippen molar-refractivity contribution in [3.8, 4) is 5.75 Å². The molecule has 0 aliphatic carbocycles. The van der Waals surface area contributed by atoms with Gasteiger partial charge in [-0.15, -0.1) is 0 Å². The van der Waals surface area contributed by atoms with Crippen LogP contribution in [0.2, 0.25) is 0 Å². The highest BCUT2D eigenvalue weighted by atomic mass is 16.4. The van der Waals surface area contributed by atoms with Gasteiger partial charge in [0, 0.05) is 25.1 Å². The Balaban J connectivity index is 2.84. The second kappa shape index (κ2) is 6.08. The van der Waals surface area contributed by atoms with E-state index >= 15 is 0 Å². The molecule has 0 aromatic heterocycles. The Morgan fingerprint density at radius 1 is 1.53 bits per heavy atom. The minimum Gasteiger partial charge on any atom is -0.508 e. The number of nitrogens with zero attached hydrogens (tertiary/aromatic N) is 2. The molecule has 0 bridgehead atoms. The second-order valence-electron chi connectivity index (χ2n) is 4.56. The Kier molecular flexibility index (Phi) is 4.74. The molecule has 0 fully saturated rings. The standard InChI is InChI=1S/C13H19N3O3/c1-8-6-10(4-5-11(8)17)13(18)16(3)9(2)7-12(14)15-19/h4-6,9,17,19H,7H2,1-3H3,(H2,14,15). The number of aromatic hydroxyl groups is 1. The van der Waals surface area contributed by atoms with Gasteiger partial charge in [0.05, 0.1) is 0 Å². The fraction of sp³-hybridized carbons (Fsp3) is 0.385. The van der Waals surface area contributed by atoms with Crippen LogP contribution in [0.15, 0.2) is 23.4 Å². The molecule has 1 aromatic carbocycles. The van der Waals surface area contributed by atoms with Gasteiger partial charge >= 0.3 is 0 Å². The maximum absolute atomic E-state index is 12.2. The SMILES string of the molecule is Cc1cc(C(=O)N(C)C(C)C/C(N)=N/O)ccc1O. The van der Waals surface area contributed by atoms with E-state index in [1.165, 1.54) is 11.0 Å². The van der Waals surface area contributed by atoms with E-state index < -0.39 is 0 Å². The molecule has 4 N–H and O–H groups in total. The van der Waals surface area contributed by atoms with Crippen molar-refractivity contribution in [2.24, 2.45) is 10.9 Å². The van der Waals surface area contributed by atoms with Gasteiger partial charge in [0.25, 0.3) is 5.91 Å². The number of rotatable bonds is 4. The van der Waals surface area contributed by atoms with Gasteiger partial charge in [-0.2, -0.15) is 0 Å². The largest absolute Gasteiger partial charge is 0.508 e. The first kappa shape index (κ1) is 14.8. The second-order valence-corrected chi connectivity index (χ2v) is 4.56. The Hall–Kier alpha value is -2.24. The number of benzene rings is 1. The first-order valence-electron chi connectivity index (χ1n) is 5.90. The average Bonchev–Trinajstić information content (AvgIpc) is 2.39. The van der Waals surface area contributed by atoms with Crippen molar-refractivity contribution in [1.82, 2.24) is 4.90 Å². The molecule has 0 saturated carbocycles. The summed E-state index contributed by atoms with van der Waals surface area (Å²) in [6, 6.07) is 4.49. The van der Waals surface area contributed by atoms with E-state index in [4.69, 9.17) is 10.9 Å². The summed E-state index contributed by atoms with van der Waals surface area (Å²) in [4.78, 5) is 13.7. The lowest BCUT2D eigenvalue weighted by Crippen LogP contribution is -2.37. The molecule has 19 heavy (non-hydrogen) atoms. The summed E-state index contributed by atoms with van der Waals surface area (Å²) in [6.45, 7) is 3.54. The van der Waals surface area contributed by atoms with Crippen LogP contribution in [0.25, 0.3) is 0 Å². The molecule has 0 radical (unpaired) electrons. The molecule has 6 nitrogen and oxygen atoms in total. The van der Waals surface area contributed by atoms with E-state index in [2.05, 4.69) is 5.16 Å². The quantitative estimate of drug-likeness (QED) is 0.330. The van der Waals surface area contributed by atoms with Crippen molar-refractivity contribution in [3.05, 3.63) is 29.3 Å². The molecular weight excluding hydrogens is 246 g/mol. The predicted molar refractivity (Wildman–Crippen MR) is 72.4 cm³/mol. The fourth-order valence-corrected chi connectivity index (χ4v) is 1.67. The summed E-state index contributed by atoms with van der Waals surface area (Å²) < 4.78 is 0. The summed E-state index contributed by atoms with van der Waals surface area (Å²) in [6.07, 6.45) is 0.288. The molecule has 0 saturated heterocycles. The Morgan fingerprint density at radius 3 is 2.68 bits per heavy atom. The smallest absolute Gasteiger partial charge is 0.253 e. The van der Waals surface area contributed by atoms with Gasteiger partial charge in [-0.25, -0.2) is 0 Å². The minimum absolute atomic E-state index is 0.0778. The topological polar surface area (TPSA) is 99.2 Å². The zero-order valence-electron chi connectivity index (χ0n) is 11.3. The van der Waals surface area contributed by atoms with E-state index in [9.17, 15) is 9.90 Å². The first-order chi connectivity index (χ1) is 8.86. The highest BCUT2D eigenvalue weighted by Gasteiger charge is 2.19. The molecule has 1 rings (SSSR count). The highest BCUT2D eigenvalue weighted by molar-refractivity contribution is 5.95. The van der Waals surface area contributed by atoms with Gasteiger partial charge in [-0.1, -0.05) is 5.16 Å². The molecule has 1 amide bonds. The fourth-order valence-electron chi connectivity index (χ4n) is 1.67. The number of carbonyl (C=O) groups excluding carboxylic acids is 1. The number of phenolic OH excluding ortho intramolecular Hbond substituents is 1. The van der Waals surface area contributed by atoms with Crippen LogP contribution in [-0.2, 0) is 0 Å². The zero-order chi connectivity index (χ0) is 14.6. The lowest BCUT2D eigenvalue weighted by atomic mass is 10.1. The number of phenols is 1. The van der Waals surface area contributed by atoms with Crippen LogP contribution in [-0.4, -0.2) is 40.0 Å². The summed E-state index contributed by atoms with van der Waals surface area (Å²) in [5.41, 5.74) is 6.56. The number of aryl methyl sites for hydroxylation is 1. The van der Waals surface area contributed by atoms with Crippen LogP contribution in [0.5, 0.6) is 5.75 Å². The number of hydrogen-bond donors (Lipinski definition) is 3. The summed E-state index contributed by atoms with van der Waals surface area (Å²) in [5.74, 6) is 0.0549. The van der Waals surface area contributed by atoms with Crippen LogP contribution >= 0.6 is 0 Å². The minimum atomic E-state index is -0.197. The third-order valence-electron chi connectivity index (χ3n) is 3.06. The first-order valence-corrected chi connectivity index (χ1v) is 5.90. The van der Waals surface area contributed by atoms with Crippen molar-refractivity contribution < 1.29 is 15.1 Å². The number of hydrogen-bond acceptors (Lipinski definition) is 4.